The van der Waals surface area contributed by atoms with Crippen LogP contribution in [0.4, 0.5) is 4.39 Å². The van der Waals surface area contributed by atoms with Gasteiger partial charge < -0.3 is 0 Å². The van der Waals surface area contributed by atoms with E-state index in [0.717, 1.165) is 11.1 Å². The Bertz CT molecular complexity index is 1290. The minimum absolute atomic E-state index is 0.309. The summed E-state index contributed by atoms with van der Waals surface area (Å²) >= 11 is 0. The molecule has 4 aromatic rings. The Balaban J connectivity index is 1.70. The first-order valence-electron chi connectivity index (χ1n) is 10.9. The van der Waals surface area contributed by atoms with Crippen molar-refractivity contribution < 1.29 is 12.8 Å². The zero-order valence-corrected chi connectivity index (χ0v) is 20.6. The summed E-state index contributed by atoms with van der Waals surface area (Å²) < 4.78 is 45.8. The van der Waals surface area contributed by atoms with Crippen LogP contribution in [0.15, 0.2) is 118 Å². The van der Waals surface area contributed by atoms with Crippen LogP contribution in [-0.4, -0.2) is 8.42 Å². The lowest BCUT2D eigenvalue weighted by Gasteiger charge is -2.24. The summed E-state index contributed by atoms with van der Waals surface area (Å²) in [5, 5.41) is 0. The maximum absolute atomic E-state index is 16.3. The second kappa shape index (κ2) is 11.0. The molecule has 3 nitrogen and oxygen atoms in total. The summed E-state index contributed by atoms with van der Waals surface area (Å²) in [6.45, 7) is 3.91. The van der Waals surface area contributed by atoms with E-state index in [1.165, 1.54) is 0 Å². The molecule has 0 aliphatic heterocycles. The van der Waals surface area contributed by atoms with E-state index in [1.807, 2.05) is 56.3 Å². The van der Waals surface area contributed by atoms with E-state index in [4.69, 9.17) is 0 Å². The fourth-order valence-electron chi connectivity index (χ4n) is 3.65. The smallest absolute Gasteiger partial charge is 0.147 e. The molecule has 34 heavy (non-hydrogen) atoms. The molecule has 4 rings (SSSR count). The van der Waals surface area contributed by atoms with Crippen molar-refractivity contribution in [3.05, 3.63) is 125 Å². The van der Waals surface area contributed by atoms with Crippen LogP contribution in [0.5, 0.6) is 0 Å². The molecular formula is C28H26FNO2S2. The van der Waals surface area contributed by atoms with Crippen LogP contribution in [0, 0.1) is 13.8 Å². The van der Waals surface area contributed by atoms with E-state index < -0.39 is 34.0 Å². The molecule has 0 saturated heterocycles. The van der Waals surface area contributed by atoms with Crippen molar-refractivity contribution in [1.82, 2.24) is 4.72 Å². The fraction of sp³-hybridized carbons (Fsp3) is 0.143. The predicted octanol–water partition coefficient (Wildman–Crippen LogP) is 6.53. The number of hydrogen-bond donors (Lipinski definition) is 1. The van der Waals surface area contributed by atoms with Crippen molar-refractivity contribution >= 4 is 21.8 Å². The van der Waals surface area contributed by atoms with Gasteiger partial charge >= 0.3 is 0 Å². The van der Waals surface area contributed by atoms with Gasteiger partial charge in [0.2, 0.25) is 0 Å². The third kappa shape index (κ3) is 5.58. The molecule has 0 aliphatic rings. The standard InChI is InChI=1S/C28H26FNO2S2/c1-20-12-16-23(17-13-20)33(31)26-11-7-6-10-25(26)27(29)28(22-8-4-3-5-9-22)30-34(32)24-18-14-21(2)15-19-24/h3-19,27-28,30H,1-2H3/t27-,28+,33?,34?/m0/s1. The summed E-state index contributed by atoms with van der Waals surface area (Å²) in [7, 11) is -3.19. The topological polar surface area (TPSA) is 46.2 Å². The normalized spacial score (nSPS) is 14.8. The van der Waals surface area contributed by atoms with Crippen molar-refractivity contribution in [3.8, 4) is 0 Å². The Kier molecular flexibility index (Phi) is 7.83. The van der Waals surface area contributed by atoms with Gasteiger partial charge in [-0.3, -0.25) is 0 Å². The highest BCUT2D eigenvalue weighted by atomic mass is 32.2. The molecule has 4 aromatic carbocycles. The Morgan fingerprint density at radius 1 is 0.676 bits per heavy atom. The summed E-state index contributed by atoms with van der Waals surface area (Å²) in [5.41, 5.74) is 3.08. The number of benzene rings is 4. The molecule has 0 amide bonds. The van der Waals surface area contributed by atoms with Crippen LogP contribution in [-0.2, 0) is 21.8 Å². The lowest BCUT2D eigenvalue weighted by atomic mass is 9.98. The SMILES string of the molecule is Cc1ccc(S(=O)N[C@H](c2ccccc2)[C@@H](F)c2ccccc2S(=O)c2ccc(C)cc2)cc1. The minimum Gasteiger partial charge on any atom is -0.249 e. The van der Waals surface area contributed by atoms with Crippen molar-refractivity contribution in [2.75, 3.05) is 0 Å². The monoisotopic (exact) mass is 491 g/mol. The predicted molar refractivity (Wildman–Crippen MR) is 136 cm³/mol. The van der Waals surface area contributed by atoms with Gasteiger partial charge in [0.25, 0.3) is 0 Å². The van der Waals surface area contributed by atoms with Gasteiger partial charge in [-0.25, -0.2) is 17.5 Å². The van der Waals surface area contributed by atoms with Gasteiger partial charge in [-0.2, -0.15) is 0 Å². The Morgan fingerprint density at radius 2 is 1.21 bits per heavy atom. The van der Waals surface area contributed by atoms with Crippen molar-refractivity contribution in [2.45, 2.75) is 40.7 Å². The Hall–Kier alpha value is -2.93. The van der Waals surface area contributed by atoms with Crippen molar-refractivity contribution in [3.63, 3.8) is 0 Å². The van der Waals surface area contributed by atoms with Gasteiger partial charge in [-0.15, -0.1) is 0 Å². The first kappa shape index (κ1) is 24.2. The van der Waals surface area contributed by atoms with Crippen LogP contribution in [0.2, 0.25) is 0 Å². The van der Waals surface area contributed by atoms with Gasteiger partial charge in [0.05, 0.1) is 21.7 Å². The Labute approximate surface area is 205 Å². The Morgan fingerprint density at radius 3 is 1.82 bits per heavy atom. The molecule has 0 aliphatic carbocycles. The van der Waals surface area contributed by atoms with Crippen LogP contribution in [0.1, 0.15) is 34.5 Å². The first-order valence-corrected chi connectivity index (χ1v) is 13.2. The number of aryl methyl sites for hydroxylation is 2. The third-order valence-electron chi connectivity index (χ3n) is 5.57. The lowest BCUT2D eigenvalue weighted by Crippen LogP contribution is -2.28. The maximum Gasteiger partial charge on any atom is 0.147 e. The van der Waals surface area contributed by atoms with E-state index in [-0.39, 0.29) is 0 Å². The maximum atomic E-state index is 16.3. The first-order chi connectivity index (χ1) is 16.4. The lowest BCUT2D eigenvalue weighted by molar-refractivity contribution is 0.275. The average molecular weight is 492 g/mol. The number of rotatable bonds is 8. The molecule has 0 aromatic heterocycles. The summed E-state index contributed by atoms with van der Waals surface area (Å²) in [6, 6.07) is 29.7. The number of alkyl halides is 1. The quantitative estimate of drug-likeness (QED) is 0.304. The molecule has 2 unspecified atom stereocenters. The van der Waals surface area contributed by atoms with Gasteiger partial charge in [-0.1, -0.05) is 83.9 Å². The number of hydrogen-bond acceptors (Lipinski definition) is 2. The second-order valence-electron chi connectivity index (χ2n) is 8.11. The molecule has 0 heterocycles. The zero-order chi connectivity index (χ0) is 24.1. The summed E-state index contributed by atoms with van der Waals surface area (Å²) in [5.74, 6) is 0. The van der Waals surface area contributed by atoms with Crippen molar-refractivity contribution in [2.24, 2.45) is 0 Å². The fourth-order valence-corrected chi connectivity index (χ4v) is 5.89. The van der Waals surface area contributed by atoms with Gasteiger partial charge in [-0.05, 0) is 49.7 Å². The van der Waals surface area contributed by atoms with E-state index in [9.17, 15) is 8.42 Å². The van der Waals surface area contributed by atoms with Crippen LogP contribution in [0.3, 0.4) is 0 Å². The molecule has 0 saturated carbocycles. The molecular weight excluding hydrogens is 465 g/mol. The third-order valence-corrected chi connectivity index (χ3v) is 8.21. The molecule has 1 N–H and O–H groups in total. The highest BCUT2D eigenvalue weighted by molar-refractivity contribution is 7.85. The summed E-state index contributed by atoms with van der Waals surface area (Å²) in [6.07, 6.45) is -1.58. The molecule has 0 bridgehead atoms. The van der Waals surface area contributed by atoms with E-state index in [0.29, 0.717) is 25.8 Å². The van der Waals surface area contributed by atoms with Crippen LogP contribution in [0.25, 0.3) is 0 Å². The van der Waals surface area contributed by atoms with Crippen molar-refractivity contribution in [1.29, 1.82) is 0 Å². The van der Waals surface area contributed by atoms with E-state index in [2.05, 4.69) is 4.72 Å². The van der Waals surface area contributed by atoms with Gasteiger partial charge in [0, 0.05) is 15.4 Å². The molecule has 0 radical (unpaired) electrons. The van der Waals surface area contributed by atoms with E-state index >= 15 is 4.39 Å². The average Bonchev–Trinajstić information content (AvgIpc) is 2.87. The molecule has 0 fully saturated rings. The largest absolute Gasteiger partial charge is 0.249 e. The van der Waals surface area contributed by atoms with Gasteiger partial charge in [0.15, 0.2) is 0 Å². The summed E-state index contributed by atoms with van der Waals surface area (Å²) in [4.78, 5) is 1.58. The number of halogens is 1. The zero-order valence-electron chi connectivity index (χ0n) is 19.0. The van der Waals surface area contributed by atoms with Gasteiger partial charge in [0.1, 0.15) is 17.2 Å². The molecule has 174 valence electrons. The van der Waals surface area contributed by atoms with E-state index in [1.54, 1.807) is 60.7 Å². The highest BCUT2D eigenvalue weighted by Crippen LogP contribution is 2.37. The van der Waals surface area contributed by atoms with Crippen LogP contribution >= 0.6 is 0 Å². The molecule has 6 heteroatoms. The minimum atomic E-state index is -1.64. The highest BCUT2D eigenvalue weighted by Gasteiger charge is 2.29. The van der Waals surface area contributed by atoms with Crippen LogP contribution < -0.4 is 4.72 Å². The molecule has 4 atom stereocenters. The molecule has 0 spiro atoms. The number of nitrogens with one attached hydrogen (secondary N) is 1. The second-order valence-corrected chi connectivity index (χ2v) is 10.8.